The third-order valence-corrected chi connectivity index (χ3v) is 7.89. The monoisotopic (exact) mass is 577 g/mol. The molecular formula is C30H29F2N5O5. The van der Waals surface area contributed by atoms with Gasteiger partial charge in [-0.1, -0.05) is 24.3 Å². The van der Waals surface area contributed by atoms with Gasteiger partial charge in [-0.3, -0.25) is 9.59 Å². The summed E-state index contributed by atoms with van der Waals surface area (Å²) in [6.07, 6.45) is 0.669. The highest BCUT2D eigenvalue weighted by molar-refractivity contribution is 5.97. The summed E-state index contributed by atoms with van der Waals surface area (Å²) in [4.78, 5) is 44.8. The van der Waals surface area contributed by atoms with Crippen molar-refractivity contribution in [2.75, 3.05) is 43.3 Å². The number of likely N-dealkylation sites (tertiary alicyclic amines) is 1. The number of para-hydroxylation sites is 1. The molecule has 1 spiro atoms. The molecule has 12 heteroatoms. The maximum absolute atomic E-state index is 13.9. The highest BCUT2D eigenvalue weighted by atomic mass is 19.2. The number of urea groups is 1. The molecule has 0 unspecified atom stereocenters. The predicted octanol–water partition coefficient (Wildman–Crippen LogP) is 3.68. The van der Waals surface area contributed by atoms with Crippen LogP contribution in [0, 0.1) is 11.6 Å². The zero-order valence-corrected chi connectivity index (χ0v) is 22.6. The maximum Gasteiger partial charge on any atom is 0.321 e. The summed E-state index contributed by atoms with van der Waals surface area (Å²) < 4.78 is 37.6. The topological polar surface area (TPSA) is 103 Å². The van der Waals surface area contributed by atoms with Gasteiger partial charge in [-0.05, 0) is 54.8 Å². The Morgan fingerprint density at radius 2 is 1.67 bits per heavy atom. The van der Waals surface area contributed by atoms with Gasteiger partial charge in [0.15, 0.2) is 23.1 Å². The summed E-state index contributed by atoms with van der Waals surface area (Å²) in [6.45, 7) is 1.06. The minimum absolute atomic E-state index is 0.116. The third-order valence-electron chi connectivity index (χ3n) is 7.89. The van der Waals surface area contributed by atoms with Crippen molar-refractivity contribution in [2.45, 2.75) is 24.9 Å². The molecule has 2 saturated heterocycles. The Bertz CT molecular complexity index is 1510. The number of carbonyl (C=O) groups excluding carboxylic acids is 3. The van der Waals surface area contributed by atoms with E-state index in [0.29, 0.717) is 24.3 Å². The van der Waals surface area contributed by atoms with E-state index in [4.69, 9.17) is 9.47 Å². The second-order valence-electron chi connectivity index (χ2n) is 10.5. The minimum atomic E-state index is -1.06. The highest BCUT2D eigenvalue weighted by Gasteiger charge is 2.54. The molecule has 0 saturated carbocycles. The average Bonchev–Trinajstić information content (AvgIpc) is 3.57. The quantitative estimate of drug-likeness (QED) is 0.464. The summed E-state index contributed by atoms with van der Waals surface area (Å²) >= 11 is 0. The number of piperidine rings is 1. The smallest absolute Gasteiger partial charge is 0.321 e. The summed E-state index contributed by atoms with van der Waals surface area (Å²) in [5.41, 5.74) is 0.892. The minimum Gasteiger partial charge on any atom is -0.454 e. The van der Waals surface area contributed by atoms with Crippen molar-refractivity contribution in [3.63, 3.8) is 0 Å². The van der Waals surface area contributed by atoms with Crippen LogP contribution in [-0.4, -0.2) is 66.3 Å². The average molecular weight is 578 g/mol. The fourth-order valence-corrected chi connectivity index (χ4v) is 5.66. The van der Waals surface area contributed by atoms with Gasteiger partial charge in [-0.2, -0.15) is 0 Å². The molecule has 10 nitrogen and oxygen atoms in total. The molecule has 3 aliphatic rings. The Morgan fingerprint density at radius 3 is 2.43 bits per heavy atom. The number of rotatable bonds is 6. The van der Waals surface area contributed by atoms with Crippen molar-refractivity contribution in [1.82, 2.24) is 15.1 Å². The molecule has 0 aromatic heterocycles. The molecule has 42 heavy (non-hydrogen) atoms. The number of ether oxygens (including phenoxy) is 2. The van der Waals surface area contributed by atoms with Gasteiger partial charge in [-0.15, -0.1) is 0 Å². The van der Waals surface area contributed by atoms with Crippen LogP contribution in [0.4, 0.5) is 25.0 Å². The molecule has 6 rings (SSSR count). The van der Waals surface area contributed by atoms with E-state index >= 15 is 0 Å². The molecule has 0 atom stereocenters. The first-order valence-corrected chi connectivity index (χ1v) is 13.6. The summed E-state index contributed by atoms with van der Waals surface area (Å²) in [7, 11) is 0. The number of benzene rings is 3. The molecule has 3 aromatic rings. The van der Waals surface area contributed by atoms with Crippen LogP contribution in [0.25, 0.3) is 0 Å². The number of nitrogens with one attached hydrogen (secondary N) is 2. The van der Waals surface area contributed by atoms with Crippen LogP contribution in [0.3, 0.4) is 0 Å². The molecule has 0 radical (unpaired) electrons. The maximum atomic E-state index is 13.9. The Hall–Kier alpha value is -4.87. The highest BCUT2D eigenvalue weighted by Crippen LogP contribution is 2.39. The molecule has 0 bridgehead atoms. The number of halogens is 2. The van der Waals surface area contributed by atoms with Crippen LogP contribution in [0.5, 0.6) is 11.5 Å². The van der Waals surface area contributed by atoms with Crippen molar-refractivity contribution in [3.8, 4) is 11.5 Å². The number of hydrogen-bond donors (Lipinski definition) is 2. The van der Waals surface area contributed by atoms with E-state index in [-0.39, 0.29) is 57.1 Å². The molecule has 2 N–H and O–H groups in total. The molecular weight excluding hydrogens is 548 g/mol. The van der Waals surface area contributed by atoms with E-state index in [1.54, 1.807) is 15.9 Å². The number of amides is 4. The van der Waals surface area contributed by atoms with E-state index in [1.807, 2.05) is 47.4 Å². The van der Waals surface area contributed by atoms with Gasteiger partial charge in [0, 0.05) is 37.1 Å². The summed E-state index contributed by atoms with van der Waals surface area (Å²) in [5, 5.41) is 5.47. The van der Waals surface area contributed by atoms with Gasteiger partial charge >= 0.3 is 6.03 Å². The number of anilines is 2. The third kappa shape index (κ3) is 5.27. The lowest BCUT2D eigenvalue weighted by Gasteiger charge is -2.43. The van der Waals surface area contributed by atoms with Crippen molar-refractivity contribution >= 4 is 29.2 Å². The van der Waals surface area contributed by atoms with Crippen LogP contribution in [0.1, 0.15) is 18.4 Å². The normalized spacial score (nSPS) is 17.1. The van der Waals surface area contributed by atoms with Crippen molar-refractivity contribution < 1.29 is 32.6 Å². The second-order valence-corrected chi connectivity index (χ2v) is 10.5. The first kappa shape index (κ1) is 27.3. The summed E-state index contributed by atoms with van der Waals surface area (Å²) in [6, 6.07) is 17.6. The van der Waals surface area contributed by atoms with Gasteiger partial charge in [0.1, 0.15) is 12.1 Å². The Labute approximate surface area is 240 Å². The van der Waals surface area contributed by atoms with Crippen molar-refractivity contribution in [3.05, 3.63) is 83.9 Å². The van der Waals surface area contributed by atoms with Crippen LogP contribution in [-0.2, 0) is 16.1 Å². The molecule has 3 aliphatic heterocycles. The van der Waals surface area contributed by atoms with Crippen LogP contribution < -0.4 is 25.0 Å². The number of fused-ring (bicyclic) bond motifs is 1. The molecule has 4 amide bonds. The Kier molecular flexibility index (Phi) is 7.27. The largest absolute Gasteiger partial charge is 0.454 e. The number of nitrogens with zero attached hydrogens (tertiary/aromatic N) is 3. The number of carbonyl (C=O) groups is 3. The fourth-order valence-electron chi connectivity index (χ4n) is 5.66. The molecule has 2 fully saturated rings. The van der Waals surface area contributed by atoms with Gasteiger partial charge in [0.25, 0.3) is 5.91 Å². The predicted molar refractivity (Wildman–Crippen MR) is 149 cm³/mol. The standard InChI is InChI=1S/C30H29F2N5O5/c31-23-8-7-21(15-24(23)32)34-29(40)35-12-10-30(11-13-35)28(39)36(18-37(30)22-4-2-1-3-5-22)17-27(38)33-16-20-6-9-25-26(14-20)42-19-41-25/h1-9,14-15H,10-13,16-19H2,(H,33,38)(H,34,40). The van der Waals surface area contributed by atoms with Gasteiger partial charge in [-0.25, -0.2) is 13.6 Å². The van der Waals surface area contributed by atoms with Crippen LogP contribution in [0.15, 0.2) is 66.7 Å². The zero-order chi connectivity index (χ0) is 29.3. The molecule has 3 heterocycles. The van der Waals surface area contributed by atoms with Gasteiger partial charge < -0.3 is 34.8 Å². The van der Waals surface area contributed by atoms with E-state index in [1.165, 1.54) is 6.07 Å². The van der Waals surface area contributed by atoms with E-state index in [2.05, 4.69) is 10.6 Å². The van der Waals surface area contributed by atoms with Gasteiger partial charge in [0.2, 0.25) is 12.7 Å². The Morgan fingerprint density at radius 1 is 0.905 bits per heavy atom. The molecule has 0 aliphatic carbocycles. The van der Waals surface area contributed by atoms with E-state index < -0.39 is 23.2 Å². The first-order chi connectivity index (χ1) is 20.3. The van der Waals surface area contributed by atoms with Gasteiger partial charge in [0.05, 0.1) is 6.67 Å². The second kappa shape index (κ2) is 11.2. The molecule has 3 aromatic carbocycles. The van der Waals surface area contributed by atoms with E-state index in [9.17, 15) is 23.2 Å². The zero-order valence-electron chi connectivity index (χ0n) is 22.6. The number of hydrogen-bond acceptors (Lipinski definition) is 6. The van der Waals surface area contributed by atoms with Crippen molar-refractivity contribution in [1.29, 1.82) is 0 Å². The lowest BCUT2D eigenvalue weighted by Crippen LogP contribution is -2.58. The van der Waals surface area contributed by atoms with Crippen LogP contribution in [0.2, 0.25) is 0 Å². The summed E-state index contributed by atoms with van der Waals surface area (Å²) in [5.74, 6) is -1.24. The molecule has 218 valence electrons. The van der Waals surface area contributed by atoms with Crippen molar-refractivity contribution in [2.24, 2.45) is 0 Å². The van der Waals surface area contributed by atoms with Crippen LogP contribution >= 0.6 is 0 Å². The SMILES string of the molecule is O=C(CN1CN(c2ccccc2)C2(CCN(C(=O)Nc3ccc(F)c(F)c3)CC2)C1=O)NCc1ccc2c(c1)OCO2. The first-order valence-electron chi connectivity index (χ1n) is 13.6. The van der Waals surface area contributed by atoms with E-state index in [0.717, 1.165) is 23.4 Å². The lowest BCUT2D eigenvalue weighted by atomic mass is 9.85. The fraction of sp³-hybridized carbons (Fsp3) is 0.300. The Balaban J connectivity index is 1.12. The lowest BCUT2D eigenvalue weighted by molar-refractivity contribution is -0.137.